The van der Waals surface area contributed by atoms with Crippen LogP contribution in [-0.2, 0) is 10.9 Å². The Morgan fingerprint density at radius 1 is 1.13 bits per heavy atom. The highest BCUT2D eigenvalue weighted by Gasteiger charge is 2.36. The van der Waals surface area contributed by atoms with E-state index in [-0.39, 0.29) is 37.9 Å². The number of amides is 2. The minimum absolute atomic E-state index is 0.00373. The zero-order chi connectivity index (χ0) is 27.9. The average molecular weight is 550 g/mol. The van der Waals surface area contributed by atoms with Gasteiger partial charge in [-0.2, -0.15) is 18.3 Å². The molecule has 0 spiro atoms. The van der Waals surface area contributed by atoms with Crippen LogP contribution in [0.5, 0.6) is 0 Å². The predicted molar refractivity (Wildman–Crippen MR) is 129 cm³/mol. The highest BCUT2D eigenvalue weighted by Crippen LogP contribution is 2.35. The van der Waals surface area contributed by atoms with E-state index in [1.165, 1.54) is 19.1 Å². The first-order chi connectivity index (χ1) is 17.8. The molecule has 0 atom stereocenters. The van der Waals surface area contributed by atoms with Gasteiger partial charge < -0.3 is 15.8 Å². The lowest BCUT2D eigenvalue weighted by Gasteiger charge is -2.11. The van der Waals surface area contributed by atoms with Crippen molar-refractivity contribution in [3.63, 3.8) is 0 Å². The van der Waals surface area contributed by atoms with Gasteiger partial charge in [0.2, 0.25) is 0 Å². The van der Waals surface area contributed by atoms with E-state index in [9.17, 15) is 31.9 Å². The van der Waals surface area contributed by atoms with Gasteiger partial charge in [-0.05, 0) is 56.7 Å². The molecule has 198 valence electrons. The van der Waals surface area contributed by atoms with Gasteiger partial charge in [-0.1, -0.05) is 0 Å². The van der Waals surface area contributed by atoms with Crippen molar-refractivity contribution < 1.29 is 36.7 Å². The summed E-state index contributed by atoms with van der Waals surface area (Å²) in [6.07, 6.45) is -5.38. The molecule has 0 fully saturated rings. The number of aromatic nitrogens is 3. The van der Waals surface area contributed by atoms with Gasteiger partial charge in [0.1, 0.15) is 10.8 Å². The van der Waals surface area contributed by atoms with E-state index in [0.29, 0.717) is 4.52 Å². The summed E-state index contributed by atoms with van der Waals surface area (Å²) in [5.74, 6) is -3.21. The van der Waals surface area contributed by atoms with Crippen molar-refractivity contribution in [1.29, 1.82) is 0 Å². The van der Waals surface area contributed by atoms with Crippen LogP contribution < -0.4 is 11.1 Å². The number of alkyl halides is 3. The molecule has 0 saturated carbocycles. The zero-order valence-electron chi connectivity index (χ0n) is 20.0. The van der Waals surface area contributed by atoms with Crippen LogP contribution in [0.2, 0.25) is 0 Å². The number of primary amides is 1. The Labute approximate surface area is 216 Å². The number of carbonyl (C=O) groups is 3. The molecule has 3 heterocycles. The number of hydrogen-bond donors (Lipinski definition) is 2. The summed E-state index contributed by atoms with van der Waals surface area (Å²) in [5, 5.41) is 6.10. The van der Waals surface area contributed by atoms with Crippen molar-refractivity contribution in [2.24, 2.45) is 5.73 Å². The van der Waals surface area contributed by atoms with Crippen LogP contribution in [0.3, 0.4) is 0 Å². The van der Waals surface area contributed by atoms with Crippen molar-refractivity contribution in [3.8, 4) is 11.3 Å². The van der Waals surface area contributed by atoms with E-state index in [1.54, 1.807) is 13.8 Å². The molecule has 2 amide bonds. The summed E-state index contributed by atoms with van der Waals surface area (Å²) in [5.41, 5.74) is 3.58. The summed E-state index contributed by atoms with van der Waals surface area (Å²) in [7, 11) is 0. The van der Waals surface area contributed by atoms with Gasteiger partial charge in [0.25, 0.3) is 11.8 Å². The van der Waals surface area contributed by atoms with Gasteiger partial charge in [-0.25, -0.2) is 18.7 Å². The summed E-state index contributed by atoms with van der Waals surface area (Å²) in [6.45, 7) is 4.66. The lowest BCUT2D eigenvalue weighted by Crippen LogP contribution is -2.18. The Morgan fingerprint density at radius 3 is 2.37 bits per heavy atom. The molecule has 0 aliphatic heterocycles. The smallest absolute Gasteiger partial charge is 0.433 e. The number of halogens is 4. The molecule has 0 aliphatic rings. The molecule has 0 aliphatic carbocycles. The molecule has 3 N–H and O–H groups in total. The molecule has 1 aromatic carbocycles. The van der Waals surface area contributed by atoms with Crippen molar-refractivity contribution in [1.82, 2.24) is 14.6 Å². The molecule has 3 aromatic heterocycles. The summed E-state index contributed by atoms with van der Waals surface area (Å²) in [6, 6.07) is 6.46. The third kappa shape index (κ3) is 5.20. The molecule has 0 unspecified atom stereocenters. The van der Waals surface area contributed by atoms with Crippen molar-refractivity contribution in [2.75, 3.05) is 5.32 Å². The Morgan fingerprint density at radius 2 is 1.79 bits per heavy atom. The standard InChI is InChI=1S/C24H19F4N5O4S/c1-10(2)37-23(36)18-11(3)19(20(29)34)38-22(18)31-21(35)15-9-17-30-14(12-4-6-13(25)7-5-12)8-16(24(26,27)28)33(17)32-15/h4-10H,1-3H3,(H2,29,34)(H,31,35). The molecule has 0 bridgehead atoms. The molecular formula is C24H19F4N5O4S. The van der Waals surface area contributed by atoms with Crippen molar-refractivity contribution >= 4 is 39.8 Å². The van der Waals surface area contributed by atoms with Crippen LogP contribution in [-0.4, -0.2) is 38.5 Å². The van der Waals surface area contributed by atoms with E-state index in [1.807, 2.05) is 0 Å². The number of rotatable bonds is 6. The number of nitrogens with one attached hydrogen (secondary N) is 1. The fraction of sp³-hybridized carbons (Fsp3) is 0.208. The van der Waals surface area contributed by atoms with Crippen LogP contribution in [0.4, 0.5) is 22.6 Å². The second kappa shape index (κ2) is 9.85. The van der Waals surface area contributed by atoms with Crippen LogP contribution in [0, 0.1) is 12.7 Å². The number of anilines is 1. The van der Waals surface area contributed by atoms with E-state index < -0.39 is 47.3 Å². The number of hydrogen-bond acceptors (Lipinski definition) is 7. The first kappa shape index (κ1) is 26.7. The number of carbonyl (C=O) groups excluding carboxylic acids is 3. The van der Waals surface area contributed by atoms with Gasteiger partial charge in [-0.3, -0.25) is 9.59 Å². The lowest BCUT2D eigenvalue weighted by molar-refractivity contribution is -0.142. The minimum atomic E-state index is -4.87. The summed E-state index contributed by atoms with van der Waals surface area (Å²) < 4.78 is 60.5. The molecular weight excluding hydrogens is 530 g/mol. The van der Waals surface area contributed by atoms with Crippen molar-refractivity contribution in [3.05, 3.63) is 69.6 Å². The number of esters is 1. The summed E-state index contributed by atoms with van der Waals surface area (Å²) >= 11 is 0.720. The lowest BCUT2D eigenvalue weighted by atomic mass is 10.1. The number of nitrogens with zero attached hydrogens (tertiary/aromatic N) is 3. The third-order valence-electron chi connectivity index (χ3n) is 5.23. The Balaban J connectivity index is 1.77. The Bertz CT molecular complexity index is 1580. The quantitative estimate of drug-likeness (QED) is 0.262. The highest BCUT2D eigenvalue weighted by molar-refractivity contribution is 7.18. The normalized spacial score (nSPS) is 11.7. The largest absolute Gasteiger partial charge is 0.459 e. The highest BCUT2D eigenvalue weighted by atomic mass is 32.1. The maximum atomic E-state index is 13.9. The van der Waals surface area contributed by atoms with E-state index in [2.05, 4.69) is 15.4 Å². The van der Waals surface area contributed by atoms with Gasteiger partial charge in [0.05, 0.1) is 22.2 Å². The minimum Gasteiger partial charge on any atom is -0.459 e. The number of nitrogens with two attached hydrogens (primary N) is 1. The van der Waals surface area contributed by atoms with E-state index in [4.69, 9.17) is 10.5 Å². The number of thiophene rings is 1. The number of ether oxygens (including phenoxy) is 1. The SMILES string of the molecule is Cc1c(C(N)=O)sc(NC(=O)c2cc3nc(-c4ccc(F)cc4)cc(C(F)(F)F)n3n2)c1C(=O)OC(C)C. The fourth-order valence-corrected chi connectivity index (χ4v) is 4.62. The molecule has 4 rings (SSSR count). The van der Waals surface area contributed by atoms with Gasteiger partial charge in [0, 0.05) is 11.6 Å². The first-order valence-corrected chi connectivity index (χ1v) is 11.8. The maximum Gasteiger partial charge on any atom is 0.433 e. The van der Waals surface area contributed by atoms with E-state index in [0.717, 1.165) is 35.6 Å². The van der Waals surface area contributed by atoms with Gasteiger partial charge >= 0.3 is 12.1 Å². The molecule has 0 saturated heterocycles. The van der Waals surface area contributed by atoms with Crippen LogP contribution in [0.1, 0.15) is 55.6 Å². The van der Waals surface area contributed by atoms with Crippen LogP contribution >= 0.6 is 11.3 Å². The molecule has 9 nitrogen and oxygen atoms in total. The zero-order valence-corrected chi connectivity index (χ0v) is 20.8. The van der Waals surface area contributed by atoms with Crippen LogP contribution in [0.15, 0.2) is 36.4 Å². The topological polar surface area (TPSA) is 129 Å². The second-order valence-electron chi connectivity index (χ2n) is 8.36. The Hall–Kier alpha value is -4.33. The summed E-state index contributed by atoms with van der Waals surface area (Å²) in [4.78, 5) is 41.6. The van der Waals surface area contributed by atoms with Gasteiger partial charge in [-0.15, -0.1) is 11.3 Å². The van der Waals surface area contributed by atoms with E-state index >= 15 is 0 Å². The Kier molecular flexibility index (Phi) is 6.93. The first-order valence-electron chi connectivity index (χ1n) is 11.0. The molecule has 4 aromatic rings. The monoisotopic (exact) mass is 549 g/mol. The predicted octanol–water partition coefficient (Wildman–Crippen LogP) is 4.84. The molecule has 0 radical (unpaired) electrons. The maximum absolute atomic E-state index is 13.9. The van der Waals surface area contributed by atoms with Gasteiger partial charge in [0.15, 0.2) is 17.0 Å². The van der Waals surface area contributed by atoms with Crippen molar-refractivity contribution in [2.45, 2.75) is 33.1 Å². The third-order valence-corrected chi connectivity index (χ3v) is 6.46. The second-order valence-corrected chi connectivity index (χ2v) is 9.38. The number of fused-ring (bicyclic) bond motifs is 1. The molecule has 38 heavy (non-hydrogen) atoms. The number of benzene rings is 1. The average Bonchev–Trinajstić information content (AvgIpc) is 3.38. The van der Waals surface area contributed by atoms with Crippen LogP contribution in [0.25, 0.3) is 16.9 Å². The fourth-order valence-electron chi connectivity index (χ4n) is 3.58. The molecule has 14 heteroatoms.